The lowest BCUT2D eigenvalue weighted by Gasteiger charge is -2.14. The van der Waals surface area contributed by atoms with Crippen molar-refractivity contribution in [1.29, 1.82) is 0 Å². The van der Waals surface area contributed by atoms with Crippen LogP contribution in [0.3, 0.4) is 0 Å². The second kappa shape index (κ2) is 7.00. The van der Waals surface area contributed by atoms with E-state index in [0.29, 0.717) is 10.8 Å². The van der Waals surface area contributed by atoms with Crippen molar-refractivity contribution in [3.8, 4) is 5.75 Å². The second-order valence-corrected chi connectivity index (χ2v) is 5.95. The summed E-state index contributed by atoms with van der Waals surface area (Å²) in [4.78, 5) is 12.0. The van der Waals surface area contributed by atoms with Crippen LogP contribution in [0, 0.1) is 0 Å². The zero-order valence-corrected chi connectivity index (χ0v) is 13.7. The Bertz CT molecular complexity index is 701. The van der Waals surface area contributed by atoms with Crippen LogP contribution in [0.4, 0.5) is 0 Å². The molecule has 0 aliphatic carbocycles. The molecular formula is C16H19ClN4O2. The van der Waals surface area contributed by atoms with Crippen molar-refractivity contribution < 1.29 is 9.53 Å². The number of fused-ring (bicyclic) bond motifs is 1. The number of hydrogen-bond acceptors (Lipinski definition) is 4. The Labute approximate surface area is 139 Å². The molecule has 3 rings (SSSR count). The minimum absolute atomic E-state index is 0.0834. The molecule has 1 aliphatic rings. The first kappa shape index (κ1) is 15.8. The van der Waals surface area contributed by atoms with E-state index in [4.69, 9.17) is 16.3 Å². The maximum absolute atomic E-state index is 12.0. The zero-order chi connectivity index (χ0) is 16.2. The average molecular weight is 335 g/mol. The molecular weight excluding hydrogens is 316 g/mol. The number of para-hydroxylation sites is 1. The van der Waals surface area contributed by atoms with Crippen molar-refractivity contribution in [3.05, 3.63) is 40.9 Å². The van der Waals surface area contributed by atoms with Crippen molar-refractivity contribution >= 4 is 17.5 Å². The molecule has 2 aromatic rings. The third-order valence-corrected chi connectivity index (χ3v) is 4.14. The zero-order valence-electron chi connectivity index (χ0n) is 13.0. The summed E-state index contributed by atoms with van der Waals surface area (Å²) in [6, 6.07) is 7.05. The van der Waals surface area contributed by atoms with E-state index in [-0.39, 0.29) is 25.0 Å². The highest BCUT2D eigenvalue weighted by Gasteiger charge is 2.22. The molecule has 122 valence electrons. The van der Waals surface area contributed by atoms with Crippen LogP contribution in [0.15, 0.2) is 24.3 Å². The van der Waals surface area contributed by atoms with Gasteiger partial charge < -0.3 is 14.6 Å². The third kappa shape index (κ3) is 3.64. The van der Waals surface area contributed by atoms with Gasteiger partial charge in [0.1, 0.15) is 11.6 Å². The Morgan fingerprint density at radius 3 is 3.09 bits per heavy atom. The number of benzene rings is 1. The van der Waals surface area contributed by atoms with Gasteiger partial charge in [-0.3, -0.25) is 4.79 Å². The van der Waals surface area contributed by atoms with Crippen molar-refractivity contribution in [1.82, 2.24) is 20.1 Å². The van der Waals surface area contributed by atoms with Gasteiger partial charge in [-0.05, 0) is 25.5 Å². The van der Waals surface area contributed by atoms with E-state index in [1.54, 1.807) is 12.1 Å². The first-order chi connectivity index (χ1) is 11.1. The molecule has 1 aromatic carbocycles. The molecule has 0 radical (unpaired) electrons. The molecule has 0 spiro atoms. The monoisotopic (exact) mass is 334 g/mol. The van der Waals surface area contributed by atoms with Gasteiger partial charge in [-0.15, -0.1) is 10.2 Å². The molecule has 0 unspecified atom stereocenters. The summed E-state index contributed by atoms with van der Waals surface area (Å²) in [6.45, 7) is 3.12. The molecule has 0 bridgehead atoms. The minimum Gasteiger partial charge on any atom is -0.491 e. The van der Waals surface area contributed by atoms with E-state index >= 15 is 0 Å². The third-order valence-electron chi connectivity index (χ3n) is 3.83. The lowest BCUT2D eigenvalue weighted by atomic mass is 10.3. The molecule has 1 N–H and O–H groups in total. The summed E-state index contributed by atoms with van der Waals surface area (Å²) >= 11 is 6.00. The Morgan fingerprint density at radius 2 is 2.26 bits per heavy atom. The van der Waals surface area contributed by atoms with Crippen LogP contribution in [0.25, 0.3) is 0 Å². The standard InChI is InChI=1S/C16H19ClN4O2/c1-11(16-20-19-14-7-4-9-21(14)16)18-15(22)8-10-23-13-6-3-2-5-12(13)17/h2-3,5-6,11H,4,7-10H2,1H3,(H,18,22)/t11-/m1/s1. The van der Waals surface area contributed by atoms with Gasteiger partial charge >= 0.3 is 0 Å². The number of ether oxygens (including phenoxy) is 1. The van der Waals surface area contributed by atoms with E-state index in [1.165, 1.54) is 0 Å². The van der Waals surface area contributed by atoms with Crippen LogP contribution in [0.2, 0.25) is 5.02 Å². The molecule has 6 nitrogen and oxygen atoms in total. The van der Waals surface area contributed by atoms with Gasteiger partial charge in [0.15, 0.2) is 5.82 Å². The van der Waals surface area contributed by atoms with Gasteiger partial charge in [0, 0.05) is 13.0 Å². The van der Waals surface area contributed by atoms with Crippen LogP contribution in [0.5, 0.6) is 5.75 Å². The Hall–Kier alpha value is -2.08. The SMILES string of the molecule is C[C@@H](NC(=O)CCOc1ccccc1Cl)c1nnc2n1CCC2. The summed E-state index contributed by atoms with van der Waals surface area (Å²) in [7, 11) is 0. The fourth-order valence-electron chi connectivity index (χ4n) is 2.69. The van der Waals surface area contributed by atoms with Crippen LogP contribution in [-0.2, 0) is 17.8 Å². The van der Waals surface area contributed by atoms with Crippen molar-refractivity contribution in [2.45, 2.75) is 38.8 Å². The number of carbonyl (C=O) groups is 1. The summed E-state index contributed by atoms with van der Waals surface area (Å²) in [6.07, 6.45) is 2.31. The van der Waals surface area contributed by atoms with E-state index in [1.807, 2.05) is 19.1 Å². The van der Waals surface area contributed by atoms with E-state index < -0.39 is 0 Å². The lowest BCUT2D eigenvalue weighted by Crippen LogP contribution is -2.29. The van der Waals surface area contributed by atoms with Gasteiger partial charge in [-0.1, -0.05) is 23.7 Å². The van der Waals surface area contributed by atoms with Gasteiger partial charge in [0.2, 0.25) is 5.91 Å². The number of halogens is 1. The topological polar surface area (TPSA) is 69.0 Å². The average Bonchev–Trinajstić information content (AvgIpc) is 3.12. The van der Waals surface area contributed by atoms with Gasteiger partial charge in [-0.2, -0.15) is 0 Å². The number of nitrogens with zero attached hydrogens (tertiary/aromatic N) is 3. The van der Waals surface area contributed by atoms with Gasteiger partial charge in [0.05, 0.1) is 24.1 Å². The number of carbonyl (C=O) groups excluding carboxylic acids is 1. The van der Waals surface area contributed by atoms with Crippen LogP contribution < -0.4 is 10.1 Å². The minimum atomic E-state index is -0.165. The molecule has 1 aliphatic heterocycles. The van der Waals surface area contributed by atoms with Crippen LogP contribution >= 0.6 is 11.6 Å². The highest BCUT2D eigenvalue weighted by atomic mass is 35.5. The molecule has 7 heteroatoms. The van der Waals surface area contributed by atoms with E-state index in [9.17, 15) is 4.79 Å². The predicted molar refractivity (Wildman–Crippen MR) is 86.5 cm³/mol. The number of nitrogens with one attached hydrogen (secondary N) is 1. The molecule has 1 aromatic heterocycles. The molecule has 23 heavy (non-hydrogen) atoms. The molecule has 0 fully saturated rings. The van der Waals surface area contributed by atoms with Crippen molar-refractivity contribution in [2.24, 2.45) is 0 Å². The van der Waals surface area contributed by atoms with Crippen molar-refractivity contribution in [3.63, 3.8) is 0 Å². The molecule has 0 saturated carbocycles. The normalized spacial score (nSPS) is 14.3. The fraction of sp³-hybridized carbons (Fsp3) is 0.438. The van der Waals surface area contributed by atoms with Crippen LogP contribution in [0.1, 0.15) is 37.5 Å². The summed E-state index contributed by atoms with van der Waals surface area (Å²) in [5.41, 5.74) is 0. The van der Waals surface area contributed by atoms with Gasteiger partial charge in [0.25, 0.3) is 0 Å². The number of aryl methyl sites for hydroxylation is 1. The second-order valence-electron chi connectivity index (χ2n) is 5.55. The fourth-order valence-corrected chi connectivity index (χ4v) is 2.88. The summed E-state index contributed by atoms with van der Waals surface area (Å²) in [5, 5.41) is 11.8. The largest absolute Gasteiger partial charge is 0.491 e. The summed E-state index contributed by atoms with van der Waals surface area (Å²) < 4.78 is 7.62. The first-order valence-corrected chi connectivity index (χ1v) is 8.11. The number of aromatic nitrogens is 3. The lowest BCUT2D eigenvalue weighted by molar-refractivity contribution is -0.122. The molecule has 0 saturated heterocycles. The van der Waals surface area contributed by atoms with Gasteiger partial charge in [-0.25, -0.2) is 0 Å². The van der Waals surface area contributed by atoms with Crippen molar-refractivity contribution in [2.75, 3.05) is 6.61 Å². The highest BCUT2D eigenvalue weighted by molar-refractivity contribution is 6.32. The number of hydrogen-bond donors (Lipinski definition) is 1. The maximum atomic E-state index is 12.0. The number of amides is 1. The number of rotatable bonds is 6. The maximum Gasteiger partial charge on any atom is 0.224 e. The molecule has 2 heterocycles. The Kier molecular flexibility index (Phi) is 4.81. The molecule has 1 amide bonds. The Balaban J connectivity index is 1.48. The molecule has 1 atom stereocenters. The van der Waals surface area contributed by atoms with E-state index in [0.717, 1.165) is 31.0 Å². The first-order valence-electron chi connectivity index (χ1n) is 7.74. The summed E-state index contributed by atoms with van der Waals surface area (Å²) in [5.74, 6) is 2.33. The smallest absolute Gasteiger partial charge is 0.224 e. The quantitative estimate of drug-likeness (QED) is 0.881. The highest BCUT2D eigenvalue weighted by Crippen LogP contribution is 2.23. The van der Waals surface area contributed by atoms with E-state index in [2.05, 4.69) is 20.1 Å². The Morgan fingerprint density at radius 1 is 1.43 bits per heavy atom. The van der Waals surface area contributed by atoms with Crippen LogP contribution in [-0.4, -0.2) is 27.3 Å². The predicted octanol–water partition coefficient (Wildman–Crippen LogP) is 2.52.